The number of anilines is 2. The van der Waals surface area contributed by atoms with E-state index in [4.69, 9.17) is 5.73 Å². The number of nitrogen functional groups attached to an aromatic ring is 1. The normalized spacial score (nSPS) is 10.9. The monoisotopic (exact) mass is 465 g/mol. The summed E-state index contributed by atoms with van der Waals surface area (Å²) in [5.41, 5.74) is 5.50. The van der Waals surface area contributed by atoms with Crippen molar-refractivity contribution in [1.82, 2.24) is 9.55 Å². The van der Waals surface area contributed by atoms with E-state index >= 15 is 0 Å². The van der Waals surface area contributed by atoms with E-state index in [-0.39, 0.29) is 47.3 Å². The van der Waals surface area contributed by atoms with E-state index in [1.165, 1.54) is 34.6 Å². The van der Waals surface area contributed by atoms with Crippen LogP contribution in [0.2, 0.25) is 0 Å². The number of hydrogen-bond donors (Lipinski definition) is 2. The molecule has 0 aliphatic heterocycles. The Morgan fingerprint density at radius 1 is 1.15 bits per heavy atom. The lowest BCUT2D eigenvalue weighted by Gasteiger charge is -2.26. The first kappa shape index (κ1) is 24.4. The minimum atomic E-state index is -0.799. The van der Waals surface area contributed by atoms with Gasteiger partial charge in [0.05, 0.1) is 11.5 Å². The second-order valence-electron chi connectivity index (χ2n) is 8.41. The Labute approximate surface area is 195 Å². The highest BCUT2D eigenvalue weighted by Gasteiger charge is 2.28. The number of aromatic nitrogens is 2. The van der Waals surface area contributed by atoms with E-state index in [1.54, 1.807) is 0 Å². The first-order valence-corrected chi connectivity index (χ1v) is 10.8. The average molecular weight is 466 g/mol. The third kappa shape index (κ3) is 5.06. The molecule has 1 amide bonds. The van der Waals surface area contributed by atoms with Crippen molar-refractivity contribution < 1.29 is 9.72 Å². The van der Waals surface area contributed by atoms with Crippen LogP contribution in [-0.4, -0.2) is 26.9 Å². The maximum absolute atomic E-state index is 13.6. The number of nitro groups is 1. The summed E-state index contributed by atoms with van der Waals surface area (Å²) >= 11 is 0. The SMILES string of the molecule is Cc1c(C(=O)N(CCC(C)C)c2c(N)n(Cc3ccccc3)c(=O)[nH]c2=O)cccc1[N+](=O)[O-]. The maximum atomic E-state index is 13.6. The van der Waals surface area contributed by atoms with Crippen LogP contribution in [0.4, 0.5) is 17.2 Å². The molecular weight excluding hydrogens is 438 g/mol. The van der Waals surface area contributed by atoms with Crippen LogP contribution in [0.3, 0.4) is 0 Å². The summed E-state index contributed by atoms with van der Waals surface area (Å²) in [6, 6.07) is 13.3. The third-order valence-electron chi connectivity index (χ3n) is 5.58. The molecular formula is C24H27N5O5. The predicted octanol–water partition coefficient (Wildman–Crippen LogP) is 3.08. The molecule has 178 valence electrons. The highest BCUT2D eigenvalue weighted by atomic mass is 16.6. The molecule has 1 aromatic heterocycles. The Morgan fingerprint density at radius 2 is 1.82 bits per heavy atom. The van der Waals surface area contributed by atoms with Crippen molar-refractivity contribution >= 4 is 23.1 Å². The van der Waals surface area contributed by atoms with Gasteiger partial charge in [-0.1, -0.05) is 50.2 Å². The summed E-state index contributed by atoms with van der Waals surface area (Å²) in [7, 11) is 0. The Bertz CT molecular complexity index is 1330. The lowest BCUT2D eigenvalue weighted by Crippen LogP contribution is -2.42. The summed E-state index contributed by atoms with van der Waals surface area (Å²) in [4.78, 5) is 53.4. The van der Waals surface area contributed by atoms with Crippen LogP contribution in [0, 0.1) is 23.0 Å². The van der Waals surface area contributed by atoms with Gasteiger partial charge in [-0.15, -0.1) is 0 Å². The zero-order chi connectivity index (χ0) is 25.0. The van der Waals surface area contributed by atoms with Crippen LogP contribution in [0.25, 0.3) is 0 Å². The van der Waals surface area contributed by atoms with Gasteiger partial charge in [0.2, 0.25) is 0 Å². The number of H-pyrrole nitrogens is 1. The van der Waals surface area contributed by atoms with Gasteiger partial charge in [0.25, 0.3) is 17.2 Å². The predicted molar refractivity (Wildman–Crippen MR) is 130 cm³/mol. The second kappa shape index (κ2) is 10.2. The highest BCUT2D eigenvalue weighted by molar-refractivity contribution is 6.08. The van der Waals surface area contributed by atoms with Crippen molar-refractivity contribution in [3.63, 3.8) is 0 Å². The third-order valence-corrected chi connectivity index (χ3v) is 5.58. The number of carbonyl (C=O) groups excluding carboxylic acids is 1. The van der Waals surface area contributed by atoms with Gasteiger partial charge >= 0.3 is 5.69 Å². The summed E-state index contributed by atoms with van der Waals surface area (Å²) in [6.45, 7) is 5.64. The molecule has 10 nitrogen and oxygen atoms in total. The smallest absolute Gasteiger partial charge is 0.330 e. The molecule has 0 saturated heterocycles. The molecule has 0 radical (unpaired) electrons. The molecule has 0 aliphatic rings. The van der Waals surface area contributed by atoms with Gasteiger partial charge in [-0.3, -0.25) is 29.3 Å². The Kier molecular flexibility index (Phi) is 7.30. The van der Waals surface area contributed by atoms with E-state index in [2.05, 4.69) is 4.98 Å². The van der Waals surface area contributed by atoms with Crippen molar-refractivity contribution in [2.24, 2.45) is 5.92 Å². The number of aromatic amines is 1. The van der Waals surface area contributed by atoms with Crippen LogP contribution in [0.5, 0.6) is 0 Å². The number of rotatable bonds is 8. The molecule has 3 aromatic rings. The summed E-state index contributed by atoms with van der Waals surface area (Å²) in [5.74, 6) is -0.571. The number of nitrogens with two attached hydrogens (primary N) is 1. The molecule has 10 heteroatoms. The fourth-order valence-corrected chi connectivity index (χ4v) is 3.66. The molecule has 1 heterocycles. The summed E-state index contributed by atoms with van der Waals surface area (Å²) < 4.78 is 1.20. The number of nitrogens with one attached hydrogen (secondary N) is 1. The zero-order valence-electron chi connectivity index (χ0n) is 19.3. The van der Waals surface area contributed by atoms with Gasteiger partial charge in [-0.05, 0) is 30.9 Å². The van der Waals surface area contributed by atoms with E-state index in [9.17, 15) is 24.5 Å². The lowest BCUT2D eigenvalue weighted by molar-refractivity contribution is -0.385. The van der Waals surface area contributed by atoms with Crippen molar-refractivity contribution in [1.29, 1.82) is 0 Å². The zero-order valence-corrected chi connectivity index (χ0v) is 19.3. The minimum absolute atomic E-state index is 0.0811. The molecule has 0 fully saturated rings. The summed E-state index contributed by atoms with van der Waals surface area (Å²) in [5, 5.41) is 11.4. The number of carbonyl (C=O) groups is 1. The van der Waals surface area contributed by atoms with Crippen LogP contribution in [0.1, 0.15) is 41.8 Å². The Hall–Kier alpha value is -4.21. The Morgan fingerprint density at radius 3 is 2.44 bits per heavy atom. The fourth-order valence-electron chi connectivity index (χ4n) is 3.66. The minimum Gasteiger partial charge on any atom is -0.383 e. The molecule has 34 heavy (non-hydrogen) atoms. The lowest BCUT2D eigenvalue weighted by atomic mass is 10.0. The molecule has 3 N–H and O–H groups in total. The van der Waals surface area contributed by atoms with Crippen LogP contribution < -0.4 is 21.9 Å². The number of benzene rings is 2. The topological polar surface area (TPSA) is 144 Å². The van der Waals surface area contributed by atoms with E-state index in [1.807, 2.05) is 44.2 Å². The van der Waals surface area contributed by atoms with E-state index < -0.39 is 22.1 Å². The number of amides is 1. The molecule has 0 aliphatic carbocycles. The first-order chi connectivity index (χ1) is 16.1. The van der Waals surface area contributed by atoms with Gasteiger partial charge in [-0.2, -0.15) is 0 Å². The first-order valence-electron chi connectivity index (χ1n) is 10.8. The molecule has 0 unspecified atom stereocenters. The van der Waals surface area contributed by atoms with Crippen molar-refractivity contribution in [3.05, 3.63) is 96.2 Å². The van der Waals surface area contributed by atoms with E-state index in [0.717, 1.165) is 5.56 Å². The van der Waals surface area contributed by atoms with Crippen LogP contribution in [0.15, 0.2) is 58.1 Å². The second-order valence-corrected chi connectivity index (χ2v) is 8.41. The van der Waals surface area contributed by atoms with Crippen LogP contribution in [-0.2, 0) is 6.54 Å². The molecule has 0 spiro atoms. The average Bonchev–Trinajstić information content (AvgIpc) is 2.78. The van der Waals surface area contributed by atoms with Crippen molar-refractivity contribution in [2.75, 3.05) is 17.2 Å². The maximum Gasteiger partial charge on any atom is 0.330 e. The Balaban J connectivity index is 2.16. The van der Waals surface area contributed by atoms with Gasteiger partial charge in [0.1, 0.15) is 5.82 Å². The largest absolute Gasteiger partial charge is 0.383 e. The molecule has 2 aromatic carbocycles. The molecule has 0 atom stereocenters. The summed E-state index contributed by atoms with van der Waals surface area (Å²) in [6.07, 6.45) is 0.538. The van der Waals surface area contributed by atoms with Crippen molar-refractivity contribution in [3.8, 4) is 0 Å². The number of nitro benzene ring substituents is 1. The van der Waals surface area contributed by atoms with Gasteiger partial charge in [0, 0.05) is 23.7 Å². The molecule has 0 saturated carbocycles. The van der Waals surface area contributed by atoms with Gasteiger partial charge in [0.15, 0.2) is 5.69 Å². The van der Waals surface area contributed by atoms with Crippen LogP contribution >= 0.6 is 0 Å². The molecule has 3 rings (SSSR count). The van der Waals surface area contributed by atoms with Gasteiger partial charge < -0.3 is 10.6 Å². The number of hydrogen-bond acceptors (Lipinski definition) is 6. The fraction of sp³-hybridized carbons (Fsp3) is 0.292. The van der Waals surface area contributed by atoms with Gasteiger partial charge in [-0.25, -0.2) is 4.79 Å². The highest BCUT2D eigenvalue weighted by Crippen LogP contribution is 2.26. The van der Waals surface area contributed by atoms with E-state index in [0.29, 0.717) is 6.42 Å². The molecule has 0 bridgehead atoms. The standard InChI is InChI=1S/C24H27N5O5/c1-15(2)12-13-27(23(31)18-10-7-11-19(16(18)3)29(33)34)20-21(25)28(24(32)26-22(20)30)14-17-8-5-4-6-9-17/h4-11,15H,12-14,25H2,1-3H3,(H,26,30,32). The number of nitrogens with zero attached hydrogens (tertiary/aromatic N) is 3. The van der Waals surface area contributed by atoms with Crippen molar-refractivity contribution in [2.45, 2.75) is 33.7 Å². The quantitative estimate of drug-likeness (QED) is 0.386.